The van der Waals surface area contributed by atoms with Crippen LogP contribution in [-0.2, 0) is 13.1 Å². The van der Waals surface area contributed by atoms with Crippen LogP contribution >= 0.6 is 11.3 Å². The van der Waals surface area contributed by atoms with Gasteiger partial charge in [0.25, 0.3) is 0 Å². The van der Waals surface area contributed by atoms with E-state index in [0.717, 1.165) is 37.4 Å². The Morgan fingerprint density at radius 3 is 3.04 bits per heavy atom. The molecular formula is C19H24N4S. The highest BCUT2D eigenvalue weighted by molar-refractivity contribution is 7.10. The maximum atomic E-state index is 8.95. The molecule has 1 aliphatic rings. The Kier molecular flexibility index (Phi) is 5.97. The summed E-state index contributed by atoms with van der Waals surface area (Å²) in [4.78, 5) is 10.7. The molecule has 3 heterocycles. The molecule has 0 N–H and O–H groups in total. The number of hydrogen-bond donors (Lipinski definition) is 0. The van der Waals surface area contributed by atoms with E-state index in [2.05, 4.69) is 40.0 Å². The van der Waals surface area contributed by atoms with Gasteiger partial charge in [-0.25, -0.2) is 0 Å². The SMILES string of the molecule is CN(Cc1ccccn1)[C@H]1CCCN(Cc2cc(C#N)cs2)CC1. The zero-order chi connectivity index (χ0) is 16.8. The van der Waals surface area contributed by atoms with E-state index in [9.17, 15) is 0 Å². The molecule has 1 fully saturated rings. The first kappa shape index (κ1) is 17.1. The zero-order valence-electron chi connectivity index (χ0n) is 14.2. The van der Waals surface area contributed by atoms with Crippen LogP contribution in [-0.4, -0.2) is 41.0 Å². The van der Waals surface area contributed by atoms with Gasteiger partial charge in [0.05, 0.1) is 11.3 Å². The second-order valence-electron chi connectivity index (χ2n) is 6.51. The summed E-state index contributed by atoms with van der Waals surface area (Å²) in [6.07, 6.45) is 5.54. The lowest BCUT2D eigenvalue weighted by atomic mass is 10.1. The number of pyridine rings is 1. The molecule has 3 rings (SSSR count). The van der Waals surface area contributed by atoms with Crippen molar-refractivity contribution in [1.29, 1.82) is 5.26 Å². The Balaban J connectivity index is 1.52. The van der Waals surface area contributed by atoms with Crippen molar-refractivity contribution in [2.75, 3.05) is 20.1 Å². The van der Waals surface area contributed by atoms with E-state index in [-0.39, 0.29) is 0 Å². The molecule has 0 radical (unpaired) electrons. The summed E-state index contributed by atoms with van der Waals surface area (Å²) in [5.74, 6) is 0. The van der Waals surface area contributed by atoms with Gasteiger partial charge in [-0.05, 0) is 51.1 Å². The molecule has 1 atom stereocenters. The maximum absolute atomic E-state index is 8.95. The molecule has 5 heteroatoms. The lowest BCUT2D eigenvalue weighted by molar-refractivity contribution is 0.205. The summed E-state index contributed by atoms with van der Waals surface area (Å²) < 4.78 is 0. The average molecular weight is 340 g/mol. The number of hydrogen-bond acceptors (Lipinski definition) is 5. The van der Waals surface area contributed by atoms with Gasteiger partial charge in [-0.15, -0.1) is 11.3 Å². The molecule has 0 aliphatic carbocycles. The van der Waals surface area contributed by atoms with Gasteiger partial charge in [-0.3, -0.25) is 14.8 Å². The molecule has 1 aliphatic heterocycles. The van der Waals surface area contributed by atoms with E-state index in [4.69, 9.17) is 5.26 Å². The fourth-order valence-corrected chi connectivity index (χ4v) is 4.21. The van der Waals surface area contributed by atoms with Gasteiger partial charge < -0.3 is 0 Å². The molecule has 1 saturated heterocycles. The molecule has 0 saturated carbocycles. The number of aromatic nitrogens is 1. The normalized spacial score (nSPS) is 19.1. The van der Waals surface area contributed by atoms with Crippen LogP contribution in [0.1, 0.15) is 35.4 Å². The highest BCUT2D eigenvalue weighted by Gasteiger charge is 2.21. The first-order chi connectivity index (χ1) is 11.7. The monoisotopic (exact) mass is 340 g/mol. The van der Waals surface area contributed by atoms with Crippen molar-refractivity contribution in [3.05, 3.63) is 52.0 Å². The number of thiophene rings is 1. The Bertz CT molecular complexity index is 676. The number of rotatable bonds is 5. The predicted molar refractivity (Wildman–Crippen MR) is 97.7 cm³/mol. The van der Waals surface area contributed by atoms with Gasteiger partial charge in [0, 0.05) is 42.1 Å². The lowest BCUT2D eigenvalue weighted by Gasteiger charge is -2.27. The molecule has 0 unspecified atom stereocenters. The fourth-order valence-electron chi connectivity index (χ4n) is 3.36. The van der Waals surface area contributed by atoms with E-state index in [1.165, 1.54) is 24.1 Å². The first-order valence-corrected chi connectivity index (χ1v) is 9.42. The molecule has 0 spiro atoms. The molecular weight excluding hydrogens is 316 g/mol. The minimum Gasteiger partial charge on any atom is -0.298 e. The first-order valence-electron chi connectivity index (χ1n) is 8.54. The number of likely N-dealkylation sites (tertiary alicyclic amines) is 1. The Hall–Kier alpha value is -1.74. The predicted octanol–water partition coefficient (Wildman–Crippen LogP) is 3.50. The van der Waals surface area contributed by atoms with Crippen molar-refractivity contribution in [2.24, 2.45) is 0 Å². The number of nitriles is 1. The highest BCUT2D eigenvalue weighted by atomic mass is 32.1. The quantitative estimate of drug-likeness (QED) is 0.835. The molecule has 0 amide bonds. The summed E-state index contributed by atoms with van der Waals surface area (Å²) in [6, 6.07) is 11.0. The van der Waals surface area contributed by atoms with Gasteiger partial charge >= 0.3 is 0 Å². The summed E-state index contributed by atoms with van der Waals surface area (Å²) in [6.45, 7) is 4.16. The van der Waals surface area contributed by atoms with Crippen molar-refractivity contribution in [3.63, 3.8) is 0 Å². The van der Waals surface area contributed by atoms with Crippen LogP contribution in [0.25, 0.3) is 0 Å². The second kappa shape index (κ2) is 8.39. The summed E-state index contributed by atoms with van der Waals surface area (Å²) in [7, 11) is 2.22. The van der Waals surface area contributed by atoms with Crippen molar-refractivity contribution in [2.45, 2.75) is 38.4 Å². The maximum Gasteiger partial charge on any atom is 0.100 e. The van der Waals surface area contributed by atoms with Gasteiger partial charge in [0.15, 0.2) is 0 Å². The third kappa shape index (κ3) is 4.64. The molecule has 0 bridgehead atoms. The van der Waals surface area contributed by atoms with Crippen LogP contribution in [0.15, 0.2) is 35.8 Å². The molecule has 126 valence electrons. The van der Waals surface area contributed by atoms with E-state index in [0.29, 0.717) is 6.04 Å². The van der Waals surface area contributed by atoms with Gasteiger partial charge in [-0.1, -0.05) is 6.07 Å². The fraction of sp³-hybridized carbons (Fsp3) is 0.474. The van der Waals surface area contributed by atoms with Crippen LogP contribution < -0.4 is 0 Å². The molecule has 2 aromatic rings. The Morgan fingerprint density at radius 1 is 1.38 bits per heavy atom. The molecule has 2 aromatic heterocycles. The smallest absolute Gasteiger partial charge is 0.100 e. The van der Waals surface area contributed by atoms with Crippen LogP contribution in [0, 0.1) is 11.3 Å². The van der Waals surface area contributed by atoms with Gasteiger partial charge in [0.1, 0.15) is 6.07 Å². The van der Waals surface area contributed by atoms with Crippen LogP contribution in [0.5, 0.6) is 0 Å². The van der Waals surface area contributed by atoms with Crippen LogP contribution in [0.4, 0.5) is 0 Å². The largest absolute Gasteiger partial charge is 0.298 e. The van der Waals surface area contributed by atoms with Gasteiger partial charge in [-0.2, -0.15) is 5.26 Å². The van der Waals surface area contributed by atoms with Crippen molar-refractivity contribution in [3.8, 4) is 6.07 Å². The second-order valence-corrected chi connectivity index (χ2v) is 7.51. The van der Waals surface area contributed by atoms with E-state index in [1.807, 2.05) is 23.7 Å². The standard InChI is InChI=1S/C19H24N4S/c1-22(13-17-5-2-3-8-21-17)18-6-4-9-23(10-7-18)14-19-11-16(12-20)15-24-19/h2-3,5,8,11,15,18H,4,6-7,9-10,13-14H2,1H3/t18-/m0/s1. The third-order valence-electron chi connectivity index (χ3n) is 4.71. The van der Waals surface area contributed by atoms with E-state index >= 15 is 0 Å². The average Bonchev–Trinajstić information content (AvgIpc) is 2.92. The van der Waals surface area contributed by atoms with Crippen LogP contribution in [0.2, 0.25) is 0 Å². The summed E-state index contributed by atoms with van der Waals surface area (Å²) in [5.41, 5.74) is 1.93. The van der Waals surface area contributed by atoms with Crippen LogP contribution in [0.3, 0.4) is 0 Å². The molecule has 24 heavy (non-hydrogen) atoms. The topological polar surface area (TPSA) is 43.2 Å². The minimum absolute atomic E-state index is 0.620. The lowest BCUT2D eigenvalue weighted by Crippen LogP contribution is -2.32. The van der Waals surface area contributed by atoms with E-state index < -0.39 is 0 Å². The van der Waals surface area contributed by atoms with Crippen molar-refractivity contribution < 1.29 is 0 Å². The van der Waals surface area contributed by atoms with Crippen molar-refractivity contribution in [1.82, 2.24) is 14.8 Å². The molecule has 4 nitrogen and oxygen atoms in total. The summed E-state index contributed by atoms with van der Waals surface area (Å²) in [5, 5.41) is 10.9. The van der Waals surface area contributed by atoms with Crippen molar-refractivity contribution >= 4 is 11.3 Å². The minimum atomic E-state index is 0.620. The summed E-state index contributed by atoms with van der Waals surface area (Å²) >= 11 is 1.70. The third-order valence-corrected chi connectivity index (χ3v) is 5.63. The van der Waals surface area contributed by atoms with Gasteiger partial charge in [0.2, 0.25) is 0 Å². The highest BCUT2D eigenvalue weighted by Crippen LogP contribution is 2.21. The zero-order valence-corrected chi connectivity index (χ0v) is 15.0. The molecule has 0 aromatic carbocycles. The Morgan fingerprint density at radius 2 is 2.29 bits per heavy atom. The Labute approximate surface area is 148 Å². The number of nitrogens with zero attached hydrogens (tertiary/aromatic N) is 4. The van der Waals surface area contributed by atoms with E-state index in [1.54, 1.807) is 11.3 Å².